The van der Waals surface area contributed by atoms with Crippen molar-refractivity contribution in [2.24, 2.45) is 11.5 Å². The van der Waals surface area contributed by atoms with Crippen molar-refractivity contribution in [3.63, 3.8) is 0 Å². The normalized spacial score (nSPS) is 14.2. The van der Waals surface area contributed by atoms with E-state index in [4.69, 9.17) is 11.5 Å². The maximum absolute atomic E-state index is 6.23. The summed E-state index contributed by atoms with van der Waals surface area (Å²) in [5.41, 5.74) is 17.1. The lowest BCUT2D eigenvalue weighted by molar-refractivity contribution is 0.574. The minimum absolute atomic E-state index is 0.173. The smallest absolute Gasteiger partial charge is 0.0491 e. The summed E-state index contributed by atoms with van der Waals surface area (Å²) in [4.78, 5) is 0. The summed E-state index contributed by atoms with van der Waals surface area (Å²) in [5, 5.41) is 0. The molecule has 0 aliphatic carbocycles. The molecule has 0 aromatic heterocycles. The maximum atomic E-state index is 6.23. The fourth-order valence-corrected chi connectivity index (χ4v) is 1.99. The Morgan fingerprint density at radius 2 is 0.889 bits per heavy atom. The van der Waals surface area contributed by atoms with Gasteiger partial charge in [0.1, 0.15) is 0 Å². The fraction of sp³-hybridized carbons (Fsp3) is 0.250. The van der Waals surface area contributed by atoms with Gasteiger partial charge in [-0.3, -0.25) is 0 Å². The SMILES string of the molecule is Cc1ccc([C@H](N)[C@@H](N)c2ccc(C)cc2)cc1. The van der Waals surface area contributed by atoms with Gasteiger partial charge in [0, 0.05) is 12.1 Å². The number of rotatable bonds is 3. The molecule has 0 fully saturated rings. The molecule has 0 saturated carbocycles. The van der Waals surface area contributed by atoms with E-state index < -0.39 is 0 Å². The van der Waals surface area contributed by atoms with Gasteiger partial charge in [-0.05, 0) is 25.0 Å². The Kier molecular flexibility index (Phi) is 3.80. The van der Waals surface area contributed by atoms with E-state index in [0.29, 0.717) is 0 Å². The molecule has 4 N–H and O–H groups in total. The van der Waals surface area contributed by atoms with Crippen LogP contribution in [-0.2, 0) is 0 Å². The summed E-state index contributed by atoms with van der Waals surface area (Å²) in [6, 6.07) is 16.1. The Bertz CT molecular complexity index is 450. The van der Waals surface area contributed by atoms with Crippen LogP contribution in [0, 0.1) is 13.8 Å². The van der Waals surface area contributed by atoms with Crippen LogP contribution in [0.5, 0.6) is 0 Å². The molecule has 0 bridgehead atoms. The van der Waals surface area contributed by atoms with Crippen LogP contribution in [0.3, 0.4) is 0 Å². The van der Waals surface area contributed by atoms with Crippen molar-refractivity contribution >= 4 is 0 Å². The van der Waals surface area contributed by atoms with Gasteiger partial charge in [-0.25, -0.2) is 0 Å². The Balaban J connectivity index is 2.20. The number of aryl methyl sites for hydroxylation is 2. The third kappa shape index (κ3) is 2.78. The first-order chi connectivity index (χ1) is 8.58. The van der Waals surface area contributed by atoms with Gasteiger partial charge in [-0.1, -0.05) is 59.7 Å². The van der Waals surface area contributed by atoms with Crippen LogP contribution < -0.4 is 11.5 Å². The van der Waals surface area contributed by atoms with E-state index >= 15 is 0 Å². The minimum atomic E-state index is -0.173. The molecule has 2 aromatic carbocycles. The highest BCUT2D eigenvalue weighted by Gasteiger charge is 2.16. The van der Waals surface area contributed by atoms with Gasteiger partial charge in [0.25, 0.3) is 0 Å². The molecule has 0 aliphatic rings. The molecule has 0 spiro atoms. The molecule has 0 unspecified atom stereocenters. The predicted octanol–water partition coefficient (Wildman–Crippen LogP) is 3.00. The van der Waals surface area contributed by atoms with Crippen LogP contribution in [0.4, 0.5) is 0 Å². The molecule has 2 heteroatoms. The molecule has 2 aromatic rings. The van der Waals surface area contributed by atoms with E-state index in [-0.39, 0.29) is 12.1 Å². The zero-order valence-corrected chi connectivity index (χ0v) is 10.9. The third-order valence-corrected chi connectivity index (χ3v) is 3.31. The van der Waals surface area contributed by atoms with Gasteiger partial charge in [0.2, 0.25) is 0 Å². The largest absolute Gasteiger partial charge is 0.322 e. The minimum Gasteiger partial charge on any atom is -0.322 e. The second kappa shape index (κ2) is 5.34. The summed E-state index contributed by atoms with van der Waals surface area (Å²) >= 11 is 0. The zero-order valence-electron chi connectivity index (χ0n) is 10.9. The molecule has 0 heterocycles. The lowest BCUT2D eigenvalue weighted by atomic mass is 9.94. The van der Waals surface area contributed by atoms with Crippen molar-refractivity contribution in [2.75, 3.05) is 0 Å². The van der Waals surface area contributed by atoms with Crippen molar-refractivity contribution in [1.82, 2.24) is 0 Å². The maximum Gasteiger partial charge on any atom is 0.0491 e. The lowest BCUT2D eigenvalue weighted by Gasteiger charge is -2.21. The zero-order chi connectivity index (χ0) is 13.1. The van der Waals surface area contributed by atoms with Gasteiger partial charge in [-0.15, -0.1) is 0 Å². The molecule has 18 heavy (non-hydrogen) atoms. The van der Waals surface area contributed by atoms with E-state index in [1.165, 1.54) is 11.1 Å². The quantitative estimate of drug-likeness (QED) is 0.866. The molecule has 0 aliphatic heterocycles. The number of benzene rings is 2. The molecule has 0 saturated heterocycles. The second-order valence-corrected chi connectivity index (χ2v) is 4.87. The lowest BCUT2D eigenvalue weighted by Crippen LogP contribution is -2.26. The highest BCUT2D eigenvalue weighted by Crippen LogP contribution is 2.24. The van der Waals surface area contributed by atoms with Gasteiger partial charge < -0.3 is 11.5 Å². The van der Waals surface area contributed by atoms with Crippen molar-refractivity contribution in [3.05, 3.63) is 70.8 Å². The topological polar surface area (TPSA) is 52.0 Å². The Hall–Kier alpha value is -1.64. The van der Waals surface area contributed by atoms with E-state index in [1.54, 1.807) is 0 Å². The first-order valence-electron chi connectivity index (χ1n) is 6.22. The Morgan fingerprint density at radius 1 is 0.611 bits per heavy atom. The molecular formula is C16H20N2. The molecule has 2 nitrogen and oxygen atoms in total. The van der Waals surface area contributed by atoms with E-state index in [1.807, 2.05) is 24.3 Å². The highest BCUT2D eigenvalue weighted by molar-refractivity contribution is 5.30. The summed E-state index contributed by atoms with van der Waals surface area (Å²) in [5.74, 6) is 0. The first-order valence-corrected chi connectivity index (χ1v) is 6.22. The van der Waals surface area contributed by atoms with Crippen LogP contribution >= 0.6 is 0 Å². The number of hydrogen-bond donors (Lipinski definition) is 2. The van der Waals surface area contributed by atoms with Crippen molar-refractivity contribution in [2.45, 2.75) is 25.9 Å². The van der Waals surface area contributed by atoms with E-state index in [9.17, 15) is 0 Å². The van der Waals surface area contributed by atoms with Crippen molar-refractivity contribution in [1.29, 1.82) is 0 Å². The molecule has 94 valence electrons. The van der Waals surface area contributed by atoms with E-state index in [0.717, 1.165) is 11.1 Å². The third-order valence-electron chi connectivity index (χ3n) is 3.31. The van der Waals surface area contributed by atoms with Crippen molar-refractivity contribution < 1.29 is 0 Å². The molecule has 0 radical (unpaired) electrons. The van der Waals surface area contributed by atoms with Crippen LogP contribution in [0.1, 0.15) is 34.3 Å². The first kappa shape index (κ1) is 12.8. The highest BCUT2D eigenvalue weighted by atomic mass is 14.8. The van der Waals surface area contributed by atoms with Crippen LogP contribution in [0.2, 0.25) is 0 Å². The van der Waals surface area contributed by atoms with Gasteiger partial charge >= 0.3 is 0 Å². The summed E-state index contributed by atoms with van der Waals surface area (Å²) in [7, 11) is 0. The monoisotopic (exact) mass is 240 g/mol. The van der Waals surface area contributed by atoms with Gasteiger partial charge in [-0.2, -0.15) is 0 Å². The van der Waals surface area contributed by atoms with Crippen LogP contribution in [0.15, 0.2) is 48.5 Å². The molecule has 2 rings (SSSR count). The Morgan fingerprint density at radius 3 is 1.17 bits per heavy atom. The van der Waals surface area contributed by atoms with Crippen LogP contribution in [-0.4, -0.2) is 0 Å². The van der Waals surface area contributed by atoms with Crippen molar-refractivity contribution in [3.8, 4) is 0 Å². The summed E-state index contributed by atoms with van der Waals surface area (Å²) in [6.07, 6.45) is 0. The second-order valence-electron chi connectivity index (χ2n) is 4.87. The number of hydrogen-bond acceptors (Lipinski definition) is 2. The summed E-state index contributed by atoms with van der Waals surface area (Å²) in [6.45, 7) is 4.13. The Labute approximate surface area is 109 Å². The predicted molar refractivity (Wildman–Crippen MR) is 76.2 cm³/mol. The average molecular weight is 240 g/mol. The number of nitrogens with two attached hydrogens (primary N) is 2. The summed E-state index contributed by atoms with van der Waals surface area (Å²) < 4.78 is 0. The fourth-order valence-electron chi connectivity index (χ4n) is 1.99. The average Bonchev–Trinajstić information content (AvgIpc) is 2.39. The van der Waals surface area contributed by atoms with Gasteiger partial charge in [0.05, 0.1) is 0 Å². The molecule has 0 amide bonds. The van der Waals surface area contributed by atoms with E-state index in [2.05, 4.69) is 38.1 Å². The van der Waals surface area contributed by atoms with Gasteiger partial charge in [0.15, 0.2) is 0 Å². The van der Waals surface area contributed by atoms with Crippen LogP contribution in [0.25, 0.3) is 0 Å². The standard InChI is InChI=1S/C16H20N2/c1-11-3-7-13(8-4-11)15(17)16(18)14-9-5-12(2)6-10-14/h3-10,15-16H,17-18H2,1-2H3/t15-,16-/m0/s1. The molecular weight excluding hydrogens is 220 g/mol. The molecule has 2 atom stereocenters.